The predicted molar refractivity (Wildman–Crippen MR) is 81.0 cm³/mol. The predicted octanol–water partition coefficient (Wildman–Crippen LogP) is 2.15. The summed E-state index contributed by atoms with van der Waals surface area (Å²) in [6.45, 7) is 5.05. The second-order valence-corrected chi connectivity index (χ2v) is 5.24. The molecule has 1 atom stereocenters. The second-order valence-electron chi connectivity index (χ2n) is 5.24. The molecule has 0 aromatic heterocycles. The van der Waals surface area contributed by atoms with Gasteiger partial charge in [-0.3, -0.25) is 10.1 Å². The van der Waals surface area contributed by atoms with Crippen LogP contribution in [0, 0.1) is 10.1 Å². The maximum atomic E-state index is 10.8. The number of benzene rings is 1. The van der Waals surface area contributed by atoms with E-state index in [0.717, 1.165) is 31.7 Å². The third-order valence-corrected chi connectivity index (χ3v) is 3.67. The van der Waals surface area contributed by atoms with E-state index in [2.05, 4.69) is 17.1 Å². The molecule has 2 rings (SSSR count). The van der Waals surface area contributed by atoms with E-state index in [0.29, 0.717) is 6.04 Å². The van der Waals surface area contributed by atoms with Crippen molar-refractivity contribution in [1.29, 1.82) is 0 Å². The van der Waals surface area contributed by atoms with E-state index in [1.807, 2.05) is 0 Å². The average Bonchev–Trinajstić information content (AvgIpc) is 2.90. The van der Waals surface area contributed by atoms with E-state index in [1.165, 1.54) is 18.9 Å². The number of hydrogen-bond donors (Lipinski definition) is 2. The summed E-state index contributed by atoms with van der Waals surface area (Å²) in [6.07, 6.45) is 3.43. The monoisotopic (exact) mass is 278 g/mol. The second kappa shape index (κ2) is 6.56. The van der Waals surface area contributed by atoms with Gasteiger partial charge in [-0.25, -0.2) is 0 Å². The van der Waals surface area contributed by atoms with Crippen LogP contribution in [-0.4, -0.2) is 30.6 Å². The summed E-state index contributed by atoms with van der Waals surface area (Å²) in [5, 5.41) is 14.3. The summed E-state index contributed by atoms with van der Waals surface area (Å²) in [6, 6.07) is 5.50. The Morgan fingerprint density at radius 1 is 1.55 bits per heavy atom. The quantitative estimate of drug-likeness (QED) is 0.473. The number of anilines is 2. The summed E-state index contributed by atoms with van der Waals surface area (Å²) < 4.78 is 0. The molecule has 6 heteroatoms. The van der Waals surface area contributed by atoms with Gasteiger partial charge in [0.2, 0.25) is 0 Å². The molecule has 0 spiro atoms. The lowest BCUT2D eigenvalue weighted by atomic mass is 10.1. The highest BCUT2D eigenvalue weighted by atomic mass is 16.6. The van der Waals surface area contributed by atoms with Gasteiger partial charge in [-0.1, -0.05) is 6.92 Å². The van der Waals surface area contributed by atoms with Gasteiger partial charge in [0.05, 0.1) is 4.92 Å². The molecule has 3 N–H and O–H groups in total. The van der Waals surface area contributed by atoms with Crippen molar-refractivity contribution in [3.63, 3.8) is 0 Å². The first-order valence-corrected chi connectivity index (χ1v) is 7.14. The van der Waals surface area contributed by atoms with Crippen molar-refractivity contribution in [2.75, 3.05) is 30.3 Å². The number of nitrogens with two attached hydrogens (primary N) is 1. The maximum absolute atomic E-state index is 10.8. The van der Waals surface area contributed by atoms with E-state index in [1.54, 1.807) is 12.1 Å². The summed E-state index contributed by atoms with van der Waals surface area (Å²) in [5.41, 5.74) is 6.95. The number of nitro groups is 1. The zero-order valence-corrected chi connectivity index (χ0v) is 11.8. The van der Waals surface area contributed by atoms with Crippen LogP contribution in [0.3, 0.4) is 0 Å². The van der Waals surface area contributed by atoms with Gasteiger partial charge < -0.3 is 16.0 Å². The summed E-state index contributed by atoms with van der Waals surface area (Å²) in [4.78, 5) is 12.6. The Hall–Kier alpha value is -1.82. The highest BCUT2D eigenvalue weighted by Gasteiger charge is 2.19. The van der Waals surface area contributed by atoms with Crippen LogP contribution < -0.4 is 16.0 Å². The van der Waals surface area contributed by atoms with Crippen LogP contribution in [0.5, 0.6) is 0 Å². The lowest BCUT2D eigenvalue weighted by Crippen LogP contribution is -2.38. The fraction of sp³-hybridized carbons (Fsp3) is 0.571. The molecule has 1 unspecified atom stereocenters. The van der Waals surface area contributed by atoms with Gasteiger partial charge in [-0.15, -0.1) is 0 Å². The minimum atomic E-state index is -0.443. The van der Waals surface area contributed by atoms with Crippen LogP contribution in [0.1, 0.15) is 26.2 Å². The van der Waals surface area contributed by atoms with Gasteiger partial charge in [0, 0.05) is 30.9 Å². The molecule has 0 radical (unpaired) electrons. The molecule has 1 aliphatic rings. The molecule has 1 aromatic carbocycles. The minimum absolute atomic E-state index is 0.0239. The third-order valence-electron chi connectivity index (χ3n) is 3.67. The molecule has 20 heavy (non-hydrogen) atoms. The van der Waals surface area contributed by atoms with Crippen LogP contribution in [0.2, 0.25) is 0 Å². The van der Waals surface area contributed by atoms with E-state index in [9.17, 15) is 10.1 Å². The first-order chi connectivity index (χ1) is 9.61. The topological polar surface area (TPSA) is 84.4 Å². The standard InChI is InChI=1S/C14H22N4O2/c1-2-8-17(10-11-4-3-7-16-11)12-5-6-14(18(19)20)13(15)9-12/h5-6,9,11,16H,2-4,7-8,10,15H2,1H3. The fourth-order valence-electron chi connectivity index (χ4n) is 2.68. The molecule has 1 aliphatic heterocycles. The molecule has 0 bridgehead atoms. The van der Waals surface area contributed by atoms with Crippen LogP contribution >= 0.6 is 0 Å². The Morgan fingerprint density at radius 2 is 2.35 bits per heavy atom. The van der Waals surface area contributed by atoms with Gasteiger partial charge in [-0.2, -0.15) is 0 Å². The lowest BCUT2D eigenvalue weighted by molar-refractivity contribution is -0.383. The Kier molecular flexibility index (Phi) is 4.79. The summed E-state index contributed by atoms with van der Waals surface area (Å²) in [5.74, 6) is 0. The molecule has 0 aliphatic carbocycles. The van der Waals surface area contributed by atoms with E-state index in [-0.39, 0.29) is 11.4 Å². The first kappa shape index (κ1) is 14.6. The third kappa shape index (κ3) is 3.39. The van der Waals surface area contributed by atoms with Crippen molar-refractivity contribution in [3.8, 4) is 0 Å². The molecule has 6 nitrogen and oxygen atoms in total. The van der Waals surface area contributed by atoms with E-state index < -0.39 is 4.92 Å². The molecule has 1 aromatic rings. The SMILES string of the molecule is CCCN(CC1CCCN1)c1ccc([N+](=O)[O-])c(N)c1. The Bertz CT molecular complexity index is 472. The Morgan fingerprint density at radius 3 is 2.90 bits per heavy atom. The molecule has 1 saturated heterocycles. The number of hydrogen-bond acceptors (Lipinski definition) is 5. The van der Waals surface area contributed by atoms with Crippen LogP contribution in [0.15, 0.2) is 18.2 Å². The van der Waals surface area contributed by atoms with Gasteiger partial charge in [0.1, 0.15) is 5.69 Å². The van der Waals surface area contributed by atoms with Crippen LogP contribution in [-0.2, 0) is 0 Å². The number of nitrogens with zero attached hydrogens (tertiary/aromatic N) is 2. The number of nitrogens with one attached hydrogen (secondary N) is 1. The zero-order valence-electron chi connectivity index (χ0n) is 11.8. The number of nitrogen functional groups attached to an aromatic ring is 1. The van der Waals surface area contributed by atoms with Gasteiger partial charge >= 0.3 is 0 Å². The molecular weight excluding hydrogens is 256 g/mol. The van der Waals surface area contributed by atoms with Crippen molar-refractivity contribution in [2.24, 2.45) is 0 Å². The minimum Gasteiger partial charge on any atom is -0.393 e. The molecule has 1 fully saturated rings. The molecule has 0 saturated carbocycles. The van der Waals surface area contributed by atoms with E-state index in [4.69, 9.17) is 5.73 Å². The Labute approximate surface area is 119 Å². The first-order valence-electron chi connectivity index (χ1n) is 7.14. The number of nitro benzene ring substituents is 1. The molecule has 1 heterocycles. The van der Waals surface area contributed by atoms with Crippen molar-refractivity contribution in [1.82, 2.24) is 5.32 Å². The molecule has 0 amide bonds. The van der Waals surface area contributed by atoms with Crippen LogP contribution in [0.25, 0.3) is 0 Å². The van der Waals surface area contributed by atoms with Gasteiger partial charge in [0.15, 0.2) is 0 Å². The zero-order chi connectivity index (χ0) is 14.5. The van der Waals surface area contributed by atoms with Gasteiger partial charge in [0.25, 0.3) is 5.69 Å². The van der Waals surface area contributed by atoms with E-state index >= 15 is 0 Å². The molecule has 110 valence electrons. The summed E-state index contributed by atoms with van der Waals surface area (Å²) in [7, 11) is 0. The highest BCUT2D eigenvalue weighted by Crippen LogP contribution is 2.27. The molecular formula is C14H22N4O2. The number of rotatable bonds is 6. The Balaban J connectivity index is 2.15. The van der Waals surface area contributed by atoms with Crippen molar-refractivity contribution in [2.45, 2.75) is 32.2 Å². The normalized spacial score (nSPS) is 18.1. The fourth-order valence-corrected chi connectivity index (χ4v) is 2.68. The largest absolute Gasteiger partial charge is 0.393 e. The highest BCUT2D eigenvalue weighted by molar-refractivity contribution is 5.66. The summed E-state index contributed by atoms with van der Waals surface area (Å²) >= 11 is 0. The van der Waals surface area contributed by atoms with Gasteiger partial charge in [-0.05, 0) is 37.9 Å². The lowest BCUT2D eigenvalue weighted by Gasteiger charge is -2.27. The van der Waals surface area contributed by atoms with Crippen LogP contribution in [0.4, 0.5) is 17.1 Å². The van der Waals surface area contributed by atoms with Crippen molar-refractivity contribution < 1.29 is 4.92 Å². The van der Waals surface area contributed by atoms with Crippen molar-refractivity contribution in [3.05, 3.63) is 28.3 Å². The van der Waals surface area contributed by atoms with Crippen molar-refractivity contribution >= 4 is 17.1 Å². The smallest absolute Gasteiger partial charge is 0.292 e. The maximum Gasteiger partial charge on any atom is 0.292 e. The average molecular weight is 278 g/mol.